The molecule has 0 saturated carbocycles. The topological polar surface area (TPSA) is 20.2 Å². The summed E-state index contributed by atoms with van der Waals surface area (Å²) in [7, 11) is -1.34. The van der Waals surface area contributed by atoms with Gasteiger partial charge in [-0.15, -0.1) is 16.9 Å². The van der Waals surface area contributed by atoms with Crippen LogP contribution in [0.1, 0.15) is 4.88 Å². The molecular formula is C12H16OSSi. The van der Waals surface area contributed by atoms with Gasteiger partial charge in [0.05, 0.1) is 6.61 Å². The summed E-state index contributed by atoms with van der Waals surface area (Å²) in [6.45, 7) is 6.69. The Balaban J connectivity index is 2.95. The fraction of sp³-hybridized carbons (Fsp3) is 0.333. The van der Waals surface area contributed by atoms with Gasteiger partial charge in [0.1, 0.15) is 8.07 Å². The molecule has 1 aromatic heterocycles. The molecule has 0 aliphatic carbocycles. The van der Waals surface area contributed by atoms with Crippen LogP contribution in [0, 0.1) is 11.5 Å². The molecule has 3 heteroatoms. The number of hydrogen-bond acceptors (Lipinski definition) is 2. The van der Waals surface area contributed by atoms with Crippen LogP contribution in [0.2, 0.25) is 19.6 Å². The summed E-state index contributed by atoms with van der Waals surface area (Å²) in [6.07, 6.45) is 1.78. The minimum absolute atomic E-state index is 0.0492. The molecule has 0 unspecified atom stereocenters. The minimum atomic E-state index is -1.34. The van der Waals surface area contributed by atoms with Crippen LogP contribution in [-0.4, -0.2) is 19.8 Å². The van der Waals surface area contributed by atoms with Gasteiger partial charge in [-0.2, -0.15) is 0 Å². The highest BCUT2D eigenvalue weighted by Crippen LogP contribution is 2.19. The van der Waals surface area contributed by atoms with Gasteiger partial charge in [-0.3, -0.25) is 0 Å². The van der Waals surface area contributed by atoms with E-state index >= 15 is 0 Å². The molecule has 0 fully saturated rings. The van der Waals surface area contributed by atoms with E-state index in [1.807, 2.05) is 17.5 Å². The maximum Gasteiger partial charge on any atom is 0.129 e. The zero-order valence-electron chi connectivity index (χ0n) is 9.37. The lowest BCUT2D eigenvalue weighted by Gasteiger charge is -2.04. The largest absolute Gasteiger partial charge is 0.392 e. The van der Waals surface area contributed by atoms with E-state index in [0.29, 0.717) is 0 Å². The van der Waals surface area contributed by atoms with Crippen LogP contribution in [0.15, 0.2) is 23.6 Å². The van der Waals surface area contributed by atoms with Gasteiger partial charge < -0.3 is 5.11 Å². The molecule has 0 atom stereocenters. The Hall–Kier alpha value is -0.823. The molecule has 0 saturated heterocycles. The molecule has 1 heterocycles. The molecule has 0 aliphatic heterocycles. The second-order valence-electron chi connectivity index (χ2n) is 4.28. The van der Waals surface area contributed by atoms with E-state index in [0.717, 1.165) is 10.5 Å². The van der Waals surface area contributed by atoms with Gasteiger partial charge in [0, 0.05) is 10.5 Å². The van der Waals surface area contributed by atoms with Crippen LogP contribution in [0.25, 0.3) is 5.57 Å². The van der Waals surface area contributed by atoms with Crippen LogP contribution >= 0.6 is 11.3 Å². The molecule has 1 nitrogen and oxygen atoms in total. The van der Waals surface area contributed by atoms with Crippen molar-refractivity contribution in [1.29, 1.82) is 0 Å². The molecule has 1 rings (SSSR count). The summed E-state index contributed by atoms with van der Waals surface area (Å²) in [5.41, 5.74) is 4.26. The van der Waals surface area contributed by atoms with Crippen molar-refractivity contribution in [2.24, 2.45) is 0 Å². The third kappa shape index (κ3) is 4.48. The van der Waals surface area contributed by atoms with Crippen LogP contribution in [0.5, 0.6) is 0 Å². The minimum Gasteiger partial charge on any atom is -0.392 e. The van der Waals surface area contributed by atoms with Crippen molar-refractivity contribution >= 4 is 25.0 Å². The molecule has 0 aromatic carbocycles. The average molecular weight is 236 g/mol. The van der Waals surface area contributed by atoms with Gasteiger partial charge >= 0.3 is 0 Å². The van der Waals surface area contributed by atoms with E-state index in [2.05, 4.69) is 31.1 Å². The maximum absolute atomic E-state index is 8.94. The zero-order chi connectivity index (χ0) is 11.3. The Morgan fingerprint density at radius 1 is 1.53 bits per heavy atom. The van der Waals surface area contributed by atoms with E-state index in [9.17, 15) is 0 Å². The van der Waals surface area contributed by atoms with Crippen molar-refractivity contribution in [3.8, 4) is 11.5 Å². The molecule has 80 valence electrons. The smallest absolute Gasteiger partial charge is 0.129 e. The first-order chi connectivity index (χ1) is 7.03. The van der Waals surface area contributed by atoms with Gasteiger partial charge in [0.2, 0.25) is 0 Å². The standard InChI is InChI=1S/C12H16OSSi/c1-15(2,3)10-7-11(6-8-13)12-5-4-9-14-12/h4-6,9,13H,8H2,1-3H3/b11-6-. The second-order valence-corrected chi connectivity index (χ2v) is 9.98. The highest BCUT2D eigenvalue weighted by Gasteiger charge is 2.08. The van der Waals surface area contributed by atoms with Gasteiger partial charge in [-0.05, 0) is 17.5 Å². The molecule has 0 radical (unpaired) electrons. The first-order valence-electron chi connectivity index (χ1n) is 4.91. The lowest BCUT2D eigenvalue weighted by Crippen LogP contribution is -2.16. The fourth-order valence-corrected chi connectivity index (χ4v) is 2.22. The summed E-state index contributed by atoms with van der Waals surface area (Å²) in [4.78, 5) is 1.13. The van der Waals surface area contributed by atoms with Crippen molar-refractivity contribution in [3.63, 3.8) is 0 Å². The summed E-state index contributed by atoms with van der Waals surface area (Å²) < 4.78 is 0. The summed E-state index contributed by atoms with van der Waals surface area (Å²) >= 11 is 1.66. The van der Waals surface area contributed by atoms with E-state index in [1.165, 1.54) is 0 Å². The fourth-order valence-electron chi connectivity index (χ4n) is 0.991. The number of thiophene rings is 1. The summed E-state index contributed by atoms with van der Waals surface area (Å²) in [5, 5.41) is 11.0. The predicted octanol–water partition coefficient (Wildman–Crippen LogP) is 3.00. The molecule has 1 aromatic rings. The maximum atomic E-state index is 8.94. The van der Waals surface area contributed by atoms with E-state index in [1.54, 1.807) is 17.4 Å². The molecule has 1 N–H and O–H groups in total. The van der Waals surface area contributed by atoms with Crippen molar-refractivity contribution < 1.29 is 5.11 Å². The predicted molar refractivity (Wildman–Crippen MR) is 70.5 cm³/mol. The number of aliphatic hydroxyl groups is 1. The number of aliphatic hydroxyl groups excluding tert-OH is 1. The Kier molecular flexibility index (Phi) is 4.34. The third-order valence-electron chi connectivity index (χ3n) is 1.65. The summed E-state index contributed by atoms with van der Waals surface area (Å²) in [5.74, 6) is 3.19. The van der Waals surface area contributed by atoms with Gasteiger partial charge in [0.25, 0.3) is 0 Å². The third-order valence-corrected chi connectivity index (χ3v) is 3.43. The second kappa shape index (κ2) is 5.31. The van der Waals surface area contributed by atoms with E-state index in [4.69, 9.17) is 5.11 Å². The number of rotatable bonds is 2. The highest BCUT2D eigenvalue weighted by atomic mass is 32.1. The normalized spacial score (nSPS) is 12.1. The first-order valence-corrected chi connectivity index (χ1v) is 9.29. The van der Waals surface area contributed by atoms with Crippen LogP contribution < -0.4 is 0 Å². The molecule has 0 spiro atoms. The van der Waals surface area contributed by atoms with Crippen LogP contribution in [0.3, 0.4) is 0 Å². The molecule has 0 amide bonds. The molecule has 0 bridgehead atoms. The van der Waals surface area contributed by atoms with Crippen LogP contribution in [-0.2, 0) is 0 Å². The Morgan fingerprint density at radius 3 is 2.73 bits per heavy atom. The number of allylic oxidation sites excluding steroid dienone is 1. The molecule has 0 aliphatic rings. The van der Waals surface area contributed by atoms with E-state index in [-0.39, 0.29) is 6.61 Å². The monoisotopic (exact) mass is 236 g/mol. The Labute approximate surface area is 96.5 Å². The molecular weight excluding hydrogens is 220 g/mol. The quantitative estimate of drug-likeness (QED) is 0.618. The van der Waals surface area contributed by atoms with Crippen molar-refractivity contribution in [2.45, 2.75) is 19.6 Å². The van der Waals surface area contributed by atoms with Crippen molar-refractivity contribution in [2.75, 3.05) is 6.61 Å². The van der Waals surface area contributed by atoms with Gasteiger partial charge in [-0.25, -0.2) is 0 Å². The van der Waals surface area contributed by atoms with Crippen LogP contribution in [0.4, 0.5) is 0 Å². The number of hydrogen-bond donors (Lipinski definition) is 1. The first kappa shape index (κ1) is 12.2. The average Bonchev–Trinajstić information content (AvgIpc) is 2.63. The zero-order valence-corrected chi connectivity index (χ0v) is 11.2. The highest BCUT2D eigenvalue weighted by molar-refractivity contribution is 7.11. The Bertz CT molecular complexity index is 387. The SMILES string of the molecule is C[Si](C)(C)C#C/C(=C/CO)c1cccs1. The van der Waals surface area contributed by atoms with Gasteiger partial charge in [-0.1, -0.05) is 31.6 Å². The summed E-state index contributed by atoms with van der Waals surface area (Å²) in [6, 6.07) is 4.03. The van der Waals surface area contributed by atoms with E-state index < -0.39 is 8.07 Å². The lowest BCUT2D eigenvalue weighted by molar-refractivity contribution is 0.343. The molecule has 15 heavy (non-hydrogen) atoms. The van der Waals surface area contributed by atoms with Crippen molar-refractivity contribution in [3.05, 3.63) is 28.5 Å². The van der Waals surface area contributed by atoms with Gasteiger partial charge in [0.15, 0.2) is 0 Å². The Morgan fingerprint density at radius 2 is 2.27 bits per heavy atom. The lowest BCUT2D eigenvalue weighted by atomic mass is 10.2. The van der Waals surface area contributed by atoms with Crippen molar-refractivity contribution in [1.82, 2.24) is 0 Å².